The Labute approximate surface area is 99.6 Å². The lowest BCUT2D eigenvalue weighted by Gasteiger charge is -2.17. The molecule has 17 heavy (non-hydrogen) atoms. The van der Waals surface area contributed by atoms with Crippen LogP contribution in [0.1, 0.15) is 23.2 Å². The van der Waals surface area contributed by atoms with Crippen LogP contribution >= 0.6 is 0 Å². The third kappa shape index (κ3) is 2.18. The van der Waals surface area contributed by atoms with Gasteiger partial charge in [-0.05, 0) is 12.8 Å². The van der Waals surface area contributed by atoms with Gasteiger partial charge in [-0.25, -0.2) is 0 Å². The van der Waals surface area contributed by atoms with Crippen molar-refractivity contribution in [1.29, 1.82) is 0 Å². The van der Waals surface area contributed by atoms with Crippen LogP contribution in [-0.2, 0) is 7.05 Å². The summed E-state index contributed by atoms with van der Waals surface area (Å²) >= 11 is 0. The number of nitrogens with zero attached hydrogens (tertiary/aromatic N) is 2. The summed E-state index contributed by atoms with van der Waals surface area (Å²) < 4.78 is 6.50. The smallest absolute Gasteiger partial charge is 0.259 e. The fraction of sp³-hybridized carbons (Fsp3) is 0.500. The number of ether oxygens (including phenoxy) is 1. The van der Waals surface area contributed by atoms with Gasteiger partial charge in [0.25, 0.3) is 11.5 Å². The van der Waals surface area contributed by atoms with Crippen molar-refractivity contribution < 1.29 is 9.53 Å². The summed E-state index contributed by atoms with van der Waals surface area (Å²) in [7, 11) is 3.10. The molecule has 1 aliphatic heterocycles. The number of carbonyl (C=O) groups excluding carboxylic acids is 1. The minimum atomic E-state index is -0.181. The lowest BCUT2D eigenvalue weighted by Crippen LogP contribution is -2.29. The minimum absolute atomic E-state index is 0.0602. The maximum atomic E-state index is 12.2. The van der Waals surface area contributed by atoms with Crippen LogP contribution in [0.3, 0.4) is 0 Å². The summed E-state index contributed by atoms with van der Waals surface area (Å²) in [6.07, 6.45) is 3.63. The van der Waals surface area contributed by atoms with Crippen LogP contribution in [0.25, 0.3) is 0 Å². The molecule has 2 rings (SSSR count). The van der Waals surface area contributed by atoms with E-state index < -0.39 is 0 Å². The van der Waals surface area contributed by atoms with Crippen LogP contribution in [0.5, 0.6) is 5.75 Å². The van der Waals surface area contributed by atoms with Crippen molar-refractivity contribution in [3.63, 3.8) is 0 Å². The Bertz CT molecular complexity index is 487. The largest absolute Gasteiger partial charge is 0.496 e. The van der Waals surface area contributed by atoms with Crippen LogP contribution in [0, 0.1) is 0 Å². The van der Waals surface area contributed by atoms with E-state index in [1.165, 1.54) is 17.7 Å². The van der Waals surface area contributed by atoms with Crippen molar-refractivity contribution in [2.24, 2.45) is 7.05 Å². The summed E-state index contributed by atoms with van der Waals surface area (Å²) in [4.78, 5) is 25.5. The van der Waals surface area contributed by atoms with Crippen molar-refractivity contribution in [2.75, 3.05) is 20.2 Å². The number of likely N-dealkylation sites (tertiary alicyclic amines) is 1. The molecule has 0 unspecified atom stereocenters. The Morgan fingerprint density at radius 2 is 2.00 bits per heavy atom. The molecule has 0 saturated carbocycles. The number of aryl methyl sites for hydroxylation is 1. The molecule has 1 aromatic rings. The highest BCUT2D eigenvalue weighted by Gasteiger charge is 2.23. The molecular formula is C12H16N2O3. The Kier molecular flexibility index (Phi) is 3.17. The van der Waals surface area contributed by atoms with Gasteiger partial charge in [-0.3, -0.25) is 9.59 Å². The predicted molar refractivity (Wildman–Crippen MR) is 63.4 cm³/mol. The fourth-order valence-electron chi connectivity index (χ4n) is 2.03. The van der Waals surface area contributed by atoms with Crippen molar-refractivity contribution >= 4 is 5.91 Å². The van der Waals surface area contributed by atoms with Crippen molar-refractivity contribution in [3.8, 4) is 5.75 Å². The predicted octanol–water partition coefficient (Wildman–Crippen LogP) is 0.630. The molecule has 0 aliphatic carbocycles. The molecule has 92 valence electrons. The average molecular weight is 236 g/mol. The van der Waals surface area contributed by atoms with Crippen LogP contribution in [0.15, 0.2) is 17.1 Å². The van der Waals surface area contributed by atoms with E-state index in [2.05, 4.69) is 0 Å². The molecule has 1 fully saturated rings. The summed E-state index contributed by atoms with van der Waals surface area (Å²) in [5, 5.41) is 0. The van der Waals surface area contributed by atoms with Crippen molar-refractivity contribution in [3.05, 3.63) is 28.2 Å². The van der Waals surface area contributed by atoms with E-state index >= 15 is 0 Å². The monoisotopic (exact) mass is 236 g/mol. The van der Waals surface area contributed by atoms with Gasteiger partial charge in [-0.15, -0.1) is 0 Å². The first-order valence-corrected chi connectivity index (χ1v) is 5.67. The Morgan fingerprint density at radius 3 is 2.59 bits per heavy atom. The molecule has 1 aromatic heterocycles. The van der Waals surface area contributed by atoms with Gasteiger partial charge < -0.3 is 14.2 Å². The van der Waals surface area contributed by atoms with Gasteiger partial charge >= 0.3 is 0 Å². The van der Waals surface area contributed by atoms with Gasteiger partial charge in [0, 0.05) is 32.4 Å². The number of hydrogen-bond donors (Lipinski definition) is 0. The number of pyridine rings is 1. The first-order chi connectivity index (χ1) is 8.13. The third-order valence-corrected chi connectivity index (χ3v) is 3.03. The van der Waals surface area contributed by atoms with Gasteiger partial charge in [0.05, 0.1) is 12.7 Å². The zero-order chi connectivity index (χ0) is 12.4. The first-order valence-electron chi connectivity index (χ1n) is 5.67. The number of rotatable bonds is 2. The Hall–Kier alpha value is -1.78. The van der Waals surface area contributed by atoms with E-state index in [9.17, 15) is 9.59 Å². The average Bonchev–Trinajstić information content (AvgIpc) is 2.84. The molecule has 1 saturated heterocycles. The zero-order valence-electron chi connectivity index (χ0n) is 10.1. The molecule has 0 spiro atoms. The van der Waals surface area contributed by atoms with E-state index in [1.54, 1.807) is 18.1 Å². The van der Waals surface area contributed by atoms with E-state index in [-0.39, 0.29) is 11.5 Å². The number of carbonyl (C=O) groups is 1. The van der Waals surface area contributed by atoms with Gasteiger partial charge in [0.1, 0.15) is 5.75 Å². The number of amides is 1. The second-order valence-electron chi connectivity index (χ2n) is 4.20. The molecule has 0 atom stereocenters. The van der Waals surface area contributed by atoms with E-state index in [0.29, 0.717) is 11.3 Å². The Balaban J connectivity index is 2.39. The normalized spacial score (nSPS) is 15.1. The number of methoxy groups -OCH3 is 1. The van der Waals surface area contributed by atoms with Gasteiger partial charge in [0.2, 0.25) is 0 Å². The zero-order valence-corrected chi connectivity index (χ0v) is 10.1. The van der Waals surface area contributed by atoms with Crippen LogP contribution in [0.2, 0.25) is 0 Å². The highest BCUT2D eigenvalue weighted by atomic mass is 16.5. The molecule has 2 heterocycles. The topological polar surface area (TPSA) is 51.5 Å². The van der Waals surface area contributed by atoms with E-state index in [0.717, 1.165) is 25.9 Å². The minimum Gasteiger partial charge on any atom is -0.496 e. The maximum absolute atomic E-state index is 12.2. The van der Waals surface area contributed by atoms with Gasteiger partial charge in [-0.1, -0.05) is 0 Å². The fourth-order valence-corrected chi connectivity index (χ4v) is 2.03. The van der Waals surface area contributed by atoms with Gasteiger partial charge in [-0.2, -0.15) is 0 Å². The quantitative estimate of drug-likeness (QED) is 0.756. The van der Waals surface area contributed by atoms with E-state index in [4.69, 9.17) is 4.74 Å². The third-order valence-electron chi connectivity index (χ3n) is 3.03. The number of aromatic nitrogens is 1. The highest BCUT2D eigenvalue weighted by molar-refractivity contribution is 5.96. The molecule has 1 aliphatic rings. The van der Waals surface area contributed by atoms with Crippen molar-refractivity contribution in [1.82, 2.24) is 9.47 Å². The van der Waals surface area contributed by atoms with Crippen molar-refractivity contribution in [2.45, 2.75) is 12.8 Å². The molecule has 0 aromatic carbocycles. The molecule has 0 bridgehead atoms. The maximum Gasteiger partial charge on any atom is 0.259 e. The summed E-state index contributed by atoms with van der Waals surface area (Å²) in [5.41, 5.74) is 0.274. The second-order valence-corrected chi connectivity index (χ2v) is 4.20. The summed E-state index contributed by atoms with van der Waals surface area (Å²) in [5.74, 6) is 0.292. The SMILES string of the molecule is COc1cc(=O)n(C)cc1C(=O)N1CCCC1. The summed E-state index contributed by atoms with van der Waals surface area (Å²) in [6.45, 7) is 1.57. The molecular weight excluding hydrogens is 220 g/mol. The lowest BCUT2D eigenvalue weighted by atomic mass is 10.2. The standard InChI is InChI=1S/C12H16N2O3/c1-13-8-9(10(17-2)7-11(13)15)12(16)14-5-3-4-6-14/h7-8H,3-6H2,1-2H3. The second kappa shape index (κ2) is 4.61. The first kappa shape index (κ1) is 11.7. The lowest BCUT2D eigenvalue weighted by molar-refractivity contribution is 0.0788. The molecule has 0 radical (unpaired) electrons. The van der Waals surface area contributed by atoms with Crippen LogP contribution in [-0.4, -0.2) is 35.6 Å². The van der Waals surface area contributed by atoms with E-state index in [1.807, 2.05) is 0 Å². The highest BCUT2D eigenvalue weighted by Crippen LogP contribution is 2.19. The molecule has 0 N–H and O–H groups in total. The van der Waals surface area contributed by atoms with Crippen LogP contribution in [0.4, 0.5) is 0 Å². The molecule has 1 amide bonds. The number of hydrogen-bond acceptors (Lipinski definition) is 3. The summed E-state index contributed by atoms with van der Waals surface area (Å²) in [6, 6.07) is 1.35. The Morgan fingerprint density at radius 1 is 1.35 bits per heavy atom. The van der Waals surface area contributed by atoms with Crippen LogP contribution < -0.4 is 10.3 Å². The molecule has 5 heteroatoms. The molecule has 5 nitrogen and oxygen atoms in total. The van der Waals surface area contributed by atoms with Gasteiger partial charge in [0.15, 0.2) is 0 Å².